The Morgan fingerprint density at radius 1 is 1.33 bits per heavy atom. The SMILES string of the molecule is Cc1c(C(=O)N[C@@H]2c3ccccc3C[C@@H]2O)nnn1-c1ccc(Cl)cc1F. The summed E-state index contributed by atoms with van der Waals surface area (Å²) in [6.07, 6.45) is -0.238. The first-order valence-electron chi connectivity index (χ1n) is 8.40. The quantitative estimate of drug-likeness (QED) is 0.725. The number of hydrogen-bond acceptors (Lipinski definition) is 4. The van der Waals surface area contributed by atoms with Crippen LogP contribution in [0, 0.1) is 12.7 Å². The number of amides is 1. The van der Waals surface area contributed by atoms with Gasteiger partial charge in [-0.15, -0.1) is 5.10 Å². The van der Waals surface area contributed by atoms with E-state index in [0.717, 1.165) is 11.1 Å². The van der Waals surface area contributed by atoms with E-state index in [0.29, 0.717) is 12.1 Å². The molecule has 3 aromatic rings. The average molecular weight is 387 g/mol. The molecule has 6 nitrogen and oxygen atoms in total. The molecule has 1 aliphatic rings. The third-order valence-electron chi connectivity index (χ3n) is 4.74. The van der Waals surface area contributed by atoms with E-state index in [4.69, 9.17) is 11.6 Å². The lowest BCUT2D eigenvalue weighted by atomic mass is 10.1. The molecule has 0 radical (unpaired) electrons. The molecule has 0 saturated carbocycles. The Morgan fingerprint density at radius 2 is 2.11 bits per heavy atom. The molecule has 0 bridgehead atoms. The van der Waals surface area contributed by atoms with Crippen molar-refractivity contribution in [2.45, 2.75) is 25.5 Å². The van der Waals surface area contributed by atoms with Crippen LogP contribution in [0.15, 0.2) is 42.5 Å². The van der Waals surface area contributed by atoms with Crippen LogP contribution in [0.3, 0.4) is 0 Å². The molecule has 2 atom stereocenters. The fourth-order valence-electron chi connectivity index (χ4n) is 3.38. The number of benzene rings is 2. The van der Waals surface area contributed by atoms with Gasteiger partial charge in [0.15, 0.2) is 5.69 Å². The zero-order valence-electron chi connectivity index (χ0n) is 14.4. The number of aliphatic hydroxyl groups is 1. The van der Waals surface area contributed by atoms with E-state index in [1.165, 1.54) is 22.9 Å². The smallest absolute Gasteiger partial charge is 0.274 e. The molecule has 27 heavy (non-hydrogen) atoms. The summed E-state index contributed by atoms with van der Waals surface area (Å²) in [5.41, 5.74) is 2.48. The van der Waals surface area contributed by atoms with Crippen LogP contribution in [0.5, 0.6) is 0 Å². The van der Waals surface area contributed by atoms with E-state index < -0.39 is 23.9 Å². The summed E-state index contributed by atoms with van der Waals surface area (Å²) < 4.78 is 15.4. The topological polar surface area (TPSA) is 80.0 Å². The van der Waals surface area contributed by atoms with Gasteiger partial charge in [0.2, 0.25) is 0 Å². The lowest BCUT2D eigenvalue weighted by molar-refractivity contribution is 0.0852. The van der Waals surface area contributed by atoms with Gasteiger partial charge in [0, 0.05) is 11.4 Å². The molecule has 2 N–H and O–H groups in total. The van der Waals surface area contributed by atoms with Gasteiger partial charge in [0.1, 0.15) is 11.5 Å². The van der Waals surface area contributed by atoms with Gasteiger partial charge in [-0.1, -0.05) is 41.1 Å². The Balaban J connectivity index is 1.61. The maximum absolute atomic E-state index is 14.2. The van der Waals surface area contributed by atoms with Gasteiger partial charge in [-0.05, 0) is 36.2 Å². The number of hydrogen-bond donors (Lipinski definition) is 2. The highest BCUT2D eigenvalue weighted by molar-refractivity contribution is 6.30. The van der Waals surface area contributed by atoms with E-state index in [1.807, 2.05) is 24.3 Å². The minimum Gasteiger partial charge on any atom is -0.390 e. The van der Waals surface area contributed by atoms with Crippen LogP contribution in [-0.4, -0.2) is 32.1 Å². The van der Waals surface area contributed by atoms with Crippen molar-refractivity contribution in [2.24, 2.45) is 0 Å². The zero-order valence-corrected chi connectivity index (χ0v) is 15.1. The normalized spacial score (nSPS) is 18.4. The van der Waals surface area contributed by atoms with Crippen LogP contribution in [0.25, 0.3) is 5.69 Å². The number of carbonyl (C=O) groups excluding carboxylic acids is 1. The van der Waals surface area contributed by atoms with Gasteiger partial charge in [-0.25, -0.2) is 9.07 Å². The predicted octanol–water partition coefficient (Wildman–Crippen LogP) is 2.76. The zero-order chi connectivity index (χ0) is 19.1. The van der Waals surface area contributed by atoms with Crippen molar-refractivity contribution in [1.29, 1.82) is 0 Å². The van der Waals surface area contributed by atoms with Crippen LogP contribution in [0.2, 0.25) is 5.02 Å². The lowest BCUT2D eigenvalue weighted by Crippen LogP contribution is -2.34. The summed E-state index contributed by atoms with van der Waals surface area (Å²) in [5, 5.41) is 21.2. The van der Waals surface area contributed by atoms with Crippen molar-refractivity contribution < 1.29 is 14.3 Å². The molecule has 1 amide bonds. The molecule has 1 heterocycles. The predicted molar refractivity (Wildman–Crippen MR) is 97.4 cm³/mol. The molecule has 2 aromatic carbocycles. The first-order valence-corrected chi connectivity index (χ1v) is 8.78. The Morgan fingerprint density at radius 3 is 2.89 bits per heavy atom. The highest BCUT2D eigenvalue weighted by atomic mass is 35.5. The van der Waals surface area contributed by atoms with Gasteiger partial charge in [-0.2, -0.15) is 0 Å². The number of fused-ring (bicyclic) bond motifs is 1. The van der Waals surface area contributed by atoms with Crippen molar-refractivity contribution in [3.8, 4) is 5.69 Å². The van der Waals surface area contributed by atoms with E-state index in [2.05, 4.69) is 15.6 Å². The fourth-order valence-corrected chi connectivity index (χ4v) is 3.54. The van der Waals surface area contributed by atoms with Gasteiger partial charge < -0.3 is 10.4 Å². The molecule has 0 saturated heterocycles. The maximum atomic E-state index is 14.2. The molecular formula is C19H16ClFN4O2. The molecule has 0 fully saturated rings. The van der Waals surface area contributed by atoms with E-state index in [9.17, 15) is 14.3 Å². The molecular weight excluding hydrogens is 371 g/mol. The number of nitrogens with one attached hydrogen (secondary N) is 1. The second-order valence-electron chi connectivity index (χ2n) is 6.45. The standard InChI is InChI=1S/C19H16ClFN4O2/c1-10-17(23-24-25(10)15-7-6-12(20)9-14(15)21)19(27)22-18-13-5-3-2-4-11(13)8-16(18)26/h2-7,9,16,18,26H,8H2,1H3,(H,22,27)/t16-,18+/m0/s1. The monoisotopic (exact) mass is 386 g/mol. The number of carbonyl (C=O) groups is 1. The number of nitrogens with zero attached hydrogens (tertiary/aromatic N) is 3. The molecule has 8 heteroatoms. The minimum absolute atomic E-state index is 0.0703. The second-order valence-corrected chi connectivity index (χ2v) is 6.89. The first kappa shape index (κ1) is 17.6. The third kappa shape index (κ3) is 3.09. The Kier molecular flexibility index (Phi) is 4.41. The van der Waals surface area contributed by atoms with Crippen molar-refractivity contribution >= 4 is 17.5 Å². The summed E-state index contributed by atoms with van der Waals surface area (Å²) in [5.74, 6) is -1.04. The molecule has 1 aliphatic carbocycles. The molecule has 4 rings (SSSR count). The Labute approximate surface area is 159 Å². The summed E-state index contributed by atoms with van der Waals surface area (Å²) in [4.78, 5) is 12.7. The van der Waals surface area contributed by atoms with Crippen LogP contribution in [0.1, 0.15) is 33.4 Å². The second kappa shape index (κ2) is 6.75. The number of aromatic nitrogens is 3. The minimum atomic E-state index is -0.713. The Bertz CT molecular complexity index is 1040. The van der Waals surface area contributed by atoms with Crippen LogP contribution >= 0.6 is 11.6 Å². The van der Waals surface area contributed by atoms with E-state index in [-0.39, 0.29) is 16.4 Å². The lowest BCUT2D eigenvalue weighted by Gasteiger charge is -2.17. The fraction of sp³-hybridized carbons (Fsp3) is 0.211. The Hall–Kier alpha value is -2.77. The summed E-state index contributed by atoms with van der Waals surface area (Å²) >= 11 is 5.78. The summed E-state index contributed by atoms with van der Waals surface area (Å²) in [6.45, 7) is 1.63. The van der Waals surface area contributed by atoms with Crippen molar-refractivity contribution in [1.82, 2.24) is 20.3 Å². The molecule has 0 spiro atoms. The average Bonchev–Trinajstić information content (AvgIpc) is 3.16. The van der Waals surface area contributed by atoms with Crippen molar-refractivity contribution in [2.75, 3.05) is 0 Å². The van der Waals surface area contributed by atoms with Gasteiger partial charge in [0.25, 0.3) is 5.91 Å². The number of aliphatic hydroxyl groups excluding tert-OH is 1. The van der Waals surface area contributed by atoms with Gasteiger partial charge in [-0.3, -0.25) is 4.79 Å². The third-order valence-corrected chi connectivity index (χ3v) is 4.97. The first-order chi connectivity index (χ1) is 13.0. The van der Waals surface area contributed by atoms with Crippen LogP contribution in [0.4, 0.5) is 4.39 Å². The number of rotatable bonds is 3. The summed E-state index contributed by atoms with van der Waals surface area (Å²) in [6, 6.07) is 11.2. The van der Waals surface area contributed by atoms with E-state index >= 15 is 0 Å². The molecule has 1 aromatic heterocycles. The van der Waals surface area contributed by atoms with Gasteiger partial charge >= 0.3 is 0 Å². The highest BCUT2D eigenvalue weighted by Crippen LogP contribution is 2.31. The van der Waals surface area contributed by atoms with Crippen LogP contribution < -0.4 is 5.32 Å². The molecule has 138 valence electrons. The van der Waals surface area contributed by atoms with E-state index in [1.54, 1.807) is 6.92 Å². The van der Waals surface area contributed by atoms with Crippen LogP contribution in [-0.2, 0) is 6.42 Å². The maximum Gasteiger partial charge on any atom is 0.274 e. The highest BCUT2D eigenvalue weighted by Gasteiger charge is 2.33. The molecule has 0 unspecified atom stereocenters. The van der Waals surface area contributed by atoms with Crippen molar-refractivity contribution in [3.05, 3.63) is 75.8 Å². The van der Waals surface area contributed by atoms with Gasteiger partial charge in [0.05, 0.1) is 17.8 Å². The number of halogens is 2. The molecule has 0 aliphatic heterocycles. The van der Waals surface area contributed by atoms with Crippen molar-refractivity contribution in [3.63, 3.8) is 0 Å². The largest absolute Gasteiger partial charge is 0.390 e. The summed E-state index contributed by atoms with van der Waals surface area (Å²) in [7, 11) is 0.